The van der Waals surface area contributed by atoms with Crippen molar-refractivity contribution in [1.82, 2.24) is 5.32 Å². The first-order valence-corrected chi connectivity index (χ1v) is 12.1. The van der Waals surface area contributed by atoms with Crippen LogP contribution in [0.1, 0.15) is 54.7 Å². The Morgan fingerprint density at radius 2 is 1.55 bits per heavy atom. The molecule has 1 N–H and O–H groups in total. The minimum atomic E-state index is -1.25. The summed E-state index contributed by atoms with van der Waals surface area (Å²) in [6.07, 6.45) is -0.732. The number of hydrogen-bond donors (Lipinski definition) is 1. The van der Waals surface area contributed by atoms with Gasteiger partial charge >= 0.3 is 18.0 Å². The molecule has 0 radical (unpaired) electrons. The highest BCUT2D eigenvalue weighted by Gasteiger charge is 2.53. The molecule has 1 spiro atoms. The van der Waals surface area contributed by atoms with Crippen LogP contribution in [0.3, 0.4) is 0 Å². The fourth-order valence-electron chi connectivity index (χ4n) is 4.57. The Balaban J connectivity index is 1.50. The average Bonchev–Trinajstić information content (AvgIpc) is 3.15. The third kappa shape index (κ3) is 4.30. The number of ether oxygens (including phenoxy) is 5. The highest BCUT2D eigenvalue weighted by Crippen LogP contribution is 2.57. The maximum Gasteiger partial charge on any atom is 0.408 e. The molecule has 0 aromatic heterocycles. The quantitative estimate of drug-likeness (QED) is 0.377. The number of nitrogens with one attached hydrogen (secondary N) is 1. The van der Waals surface area contributed by atoms with Crippen LogP contribution < -0.4 is 19.5 Å². The molecule has 2 atom stereocenters. The Hall–Kier alpha value is -4.53. The monoisotopic (exact) mass is 517 g/mol. The largest absolute Gasteiger partial charge is 0.497 e. The Kier molecular flexibility index (Phi) is 6.01. The van der Waals surface area contributed by atoms with Gasteiger partial charge in [-0.3, -0.25) is 0 Å². The van der Waals surface area contributed by atoms with E-state index < -0.39 is 35.3 Å². The third-order valence-electron chi connectivity index (χ3n) is 6.20. The molecule has 38 heavy (non-hydrogen) atoms. The zero-order valence-electron chi connectivity index (χ0n) is 21.6. The van der Waals surface area contributed by atoms with Crippen LogP contribution in [0, 0.1) is 0 Å². The summed E-state index contributed by atoms with van der Waals surface area (Å²) in [5.74, 6) is 0.377. The zero-order valence-corrected chi connectivity index (χ0v) is 21.6. The topological polar surface area (TPSA) is 109 Å². The van der Waals surface area contributed by atoms with E-state index in [1.54, 1.807) is 70.3 Å². The van der Waals surface area contributed by atoms with Crippen molar-refractivity contribution in [2.24, 2.45) is 0 Å². The van der Waals surface area contributed by atoms with Crippen molar-refractivity contribution >= 4 is 18.0 Å². The van der Waals surface area contributed by atoms with Crippen molar-refractivity contribution in [3.8, 4) is 23.0 Å². The van der Waals surface area contributed by atoms with Gasteiger partial charge in [0.05, 0.1) is 12.7 Å². The van der Waals surface area contributed by atoms with E-state index in [1.807, 2.05) is 18.2 Å². The van der Waals surface area contributed by atoms with Crippen LogP contribution in [-0.2, 0) is 19.9 Å². The highest BCUT2D eigenvalue weighted by atomic mass is 16.6. The highest BCUT2D eigenvalue weighted by molar-refractivity contribution is 5.97. The standard InChI is InChI=1S/C29H27NO8/c1-16(30-27(33)38-28(2,3)4)25(31)35-18-11-13-22-24(15-18)36-23-14-17(34-5)10-12-21(23)29(22)20-9-7-6-8-19(20)26(32)37-29/h6-16H,1-5H3,(H,30,33)/t16-,29?/m0/s1. The number of benzene rings is 3. The summed E-state index contributed by atoms with van der Waals surface area (Å²) in [5, 5.41) is 2.46. The number of hydrogen-bond acceptors (Lipinski definition) is 8. The van der Waals surface area contributed by atoms with E-state index in [2.05, 4.69) is 5.32 Å². The number of methoxy groups -OCH3 is 1. The molecule has 9 nitrogen and oxygen atoms in total. The van der Waals surface area contributed by atoms with Gasteiger partial charge in [-0.25, -0.2) is 14.4 Å². The molecule has 2 aliphatic rings. The van der Waals surface area contributed by atoms with Gasteiger partial charge in [0, 0.05) is 28.8 Å². The second-order valence-corrected chi connectivity index (χ2v) is 10.0. The summed E-state index contributed by atoms with van der Waals surface area (Å²) in [5.41, 5.74) is 0.398. The van der Waals surface area contributed by atoms with Crippen LogP contribution >= 0.6 is 0 Å². The molecular formula is C29H27NO8. The van der Waals surface area contributed by atoms with Gasteiger partial charge in [0.1, 0.15) is 34.6 Å². The van der Waals surface area contributed by atoms with E-state index in [9.17, 15) is 14.4 Å². The first-order chi connectivity index (χ1) is 18.0. The summed E-state index contributed by atoms with van der Waals surface area (Å²) in [6, 6.07) is 16.4. The summed E-state index contributed by atoms with van der Waals surface area (Å²) in [6.45, 7) is 6.67. The van der Waals surface area contributed by atoms with Gasteiger partial charge in [0.25, 0.3) is 0 Å². The number of amides is 1. The lowest BCUT2D eigenvalue weighted by atomic mass is 9.77. The maximum atomic E-state index is 12.9. The zero-order chi connectivity index (χ0) is 27.2. The number of carbonyl (C=O) groups excluding carboxylic acids is 3. The van der Waals surface area contributed by atoms with Crippen molar-refractivity contribution in [1.29, 1.82) is 0 Å². The van der Waals surface area contributed by atoms with Gasteiger partial charge < -0.3 is 29.0 Å². The van der Waals surface area contributed by atoms with Gasteiger partial charge in [-0.05, 0) is 58.0 Å². The predicted octanol–water partition coefficient (Wildman–Crippen LogP) is 5.08. The molecule has 196 valence electrons. The van der Waals surface area contributed by atoms with Gasteiger partial charge in [0.2, 0.25) is 0 Å². The molecular weight excluding hydrogens is 490 g/mol. The summed E-state index contributed by atoms with van der Waals surface area (Å²) >= 11 is 0. The minimum Gasteiger partial charge on any atom is -0.497 e. The lowest BCUT2D eigenvalue weighted by Gasteiger charge is -2.36. The molecule has 0 saturated heterocycles. The fraction of sp³-hybridized carbons (Fsp3) is 0.276. The van der Waals surface area contributed by atoms with E-state index >= 15 is 0 Å². The number of esters is 2. The van der Waals surface area contributed by atoms with Crippen LogP contribution in [0.15, 0.2) is 60.7 Å². The second kappa shape index (κ2) is 9.09. The maximum absolute atomic E-state index is 12.9. The average molecular weight is 518 g/mol. The van der Waals surface area contributed by atoms with Gasteiger partial charge in [0.15, 0.2) is 5.60 Å². The van der Waals surface area contributed by atoms with Crippen LogP contribution in [0.5, 0.6) is 23.0 Å². The molecule has 1 unspecified atom stereocenters. The summed E-state index contributed by atoms with van der Waals surface area (Å²) in [7, 11) is 1.54. The molecule has 0 bridgehead atoms. The molecule has 5 rings (SSSR count). The number of carbonyl (C=O) groups is 3. The van der Waals surface area contributed by atoms with E-state index in [0.717, 1.165) is 0 Å². The van der Waals surface area contributed by atoms with E-state index in [4.69, 9.17) is 23.7 Å². The van der Waals surface area contributed by atoms with Crippen molar-refractivity contribution in [3.63, 3.8) is 0 Å². The fourth-order valence-corrected chi connectivity index (χ4v) is 4.57. The first kappa shape index (κ1) is 25.1. The van der Waals surface area contributed by atoms with Crippen LogP contribution in [0.4, 0.5) is 4.79 Å². The molecule has 3 aromatic rings. The Morgan fingerprint density at radius 1 is 0.921 bits per heavy atom. The summed E-state index contributed by atoms with van der Waals surface area (Å²) < 4.78 is 28.4. The van der Waals surface area contributed by atoms with E-state index in [0.29, 0.717) is 39.5 Å². The molecule has 0 saturated carbocycles. The molecule has 0 fully saturated rings. The van der Waals surface area contributed by atoms with Gasteiger partial charge in [-0.1, -0.05) is 18.2 Å². The van der Waals surface area contributed by atoms with Crippen LogP contribution in [0.2, 0.25) is 0 Å². The van der Waals surface area contributed by atoms with Crippen LogP contribution in [-0.4, -0.2) is 36.8 Å². The Labute approximate surface area is 219 Å². The molecule has 2 aliphatic heterocycles. The summed E-state index contributed by atoms with van der Waals surface area (Å²) in [4.78, 5) is 37.7. The number of fused-ring (bicyclic) bond motifs is 6. The molecule has 2 heterocycles. The van der Waals surface area contributed by atoms with Crippen LogP contribution in [0.25, 0.3) is 0 Å². The van der Waals surface area contributed by atoms with Crippen molar-refractivity contribution < 1.29 is 38.1 Å². The normalized spacial score (nSPS) is 17.8. The van der Waals surface area contributed by atoms with E-state index in [-0.39, 0.29) is 5.75 Å². The predicted molar refractivity (Wildman–Crippen MR) is 136 cm³/mol. The molecule has 0 aliphatic carbocycles. The van der Waals surface area contributed by atoms with E-state index in [1.165, 1.54) is 6.92 Å². The Bertz CT molecular complexity index is 1460. The van der Waals surface area contributed by atoms with Crippen molar-refractivity contribution in [2.45, 2.75) is 44.9 Å². The lowest BCUT2D eigenvalue weighted by molar-refractivity contribution is -0.136. The molecule has 1 amide bonds. The van der Waals surface area contributed by atoms with Crippen molar-refractivity contribution in [3.05, 3.63) is 82.9 Å². The Morgan fingerprint density at radius 3 is 2.21 bits per heavy atom. The van der Waals surface area contributed by atoms with Crippen molar-refractivity contribution in [2.75, 3.05) is 7.11 Å². The SMILES string of the molecule is COc1ccc2c(c1)Oc1cc(OC(=O)[C@H](C)NC(=O)OC(C)(C)C)ccc1C21OC(=O)c2ccccc21. The third-order valence-corrected chi connectivity index (χ3v) is 6.20. The first-order valence-electron chi connectivity index (χ1n) is 12.1. The number of rotatable bonds is 4. The minimum absolute atomic E-state index is 0.186. The lowest BCUT2D eigenvalue weighted by Crippen LogP contribution is -2.43. The number of alkyl carbamates (subject to hydrolysis) is 1. The molecule has 9 heteroatoms. The second-order valence-electron chi connectivity index (χ2n) is 10.0. The van der Waals surface area contributed by atoms with Gasteiger partial charge in [-0.15, -0.1) is 0 Å². The smallest absolute Gasteiger partial charge is 0.408 e. The molecule has 3 aromatic carbocycles. The van der Waals surface area contributed by atoms with Gasteiger partial charge in [-0.2, -0.15) is 0 Å².